The Balaban J connectivity index is 1.57. The molecular formula is C54H77N17O12. The summed E-state index contributed by atoms with van der Waals surface area (Å²) >= 11 is 0. The smallest absolute Gasteiger partial charge is 0.245 e. The number of phenolic OH excluding ortho intramolecular Hbond substituents is 1. The molecule has 23 N–H and O–H groups in total. The monoisotopic (exact) mass is 1160 g/mol. The first-order chi connectivity index (χ1) is 39.4. The van der Waals surface area contributed by atoms with E-state index in [4.69, 9.17) is 50.6 Å². The van der Waals surface area contributed by atoms with Gasteiger partial charge in [-0.15, -0.1) is 0 Å². The van der Waals surface area contributed by atoms with Crippen LogP contribution in [-0.4, -0.2) is 156 Å². The second-order valence-electron chi connectivity index (χ2n) is 19.8. The summed E-state index contributed by atoms with van der Waals surface area (Å²) in [6, 6.07) is 10.1. The van der Waals surface area contributed by atoms with Gasteiger partial charge in [-0.25, -0.2) is 0 Å². The molecule has 0 aliphatic carbocycles. The van der Waals surface area contributed by atoms with E-state index in [9.17, 15) is 53.1 Å². The number of nitrogens with two attached hydrogens (primary N) is 8. The van der Waals surface area contributed by atoms with Crippen LogP contribution in [0, 0.1) is 0 Å². The molecule has 10 amide bonds. The average molecular weight is 1160 g/mol. The van der Waals surface area contributed by atoms with Gasteiger partial charge in [0, 0.05) is 38.9 Å². The molecule has 83 heavy (non-hydrogen) atoms. The molecule has 0 aromatic heterocycles. The number of ether oxygens (including phenoxy) is 1. The molecule has 8 atom stereocenters. The predicted molar refractivity (Wildman–Crippen MR) is 304 cm³/mol. The number of benzene rings is 3. The Morgan fingerprint density at radius 2 is 1.05 bits per heavy atom. The zero-order chi connectivity index (χ0) is 61.2. The minimum Gasteiger partial charge on any atom is -0.508 e. The summed E-state index contributed by atoms with van der Waals surface area (Å²) in [6.45, 7) is 0.0318. The Labute approximate surface area is 479 Å². The molecule has 3 aromatic carbocycles. The van der Waals surface area contributed by atoms with Crippen LogP contribution in [0.15, 0.2) is 88.8 Å². The molecule has 1 heterocycles. The molecule has 0 spiro atoms. The third kappa shape index (κ3) is 22.9. The molecule has 3 aromatic rings. The number of carbonyl (C=O) groups is 10. The molecule has 1 saturated heterocycles. The molecule has 1 aliphatic rings. The second kappa shape index (κ2) is 33.3. The summed E-state index contributed by atoms with van der Waals surface area (Å²) in [5, 5.41) is 25.1. The Kier molecular flexibility index (Phi) is 26.4. The van der Waals surface area contributed by atoms with E-state index >= 15 is 0 Å². The first-order valence-electron chi connectivity index (χ1n) is 26.7. The fourth-order valence-corrected chi connectivity index (χ4v) is 8.90. The van der Waals surface area contributed by atoms with Crippen LogP contribution in [0.3, 0.4) is 0 Å². The number of guanidine groups is 2. The van der Waals surface area contributed by atoms with Crippen LogP contribution in [0.1, 0.15) is 74.5 Å². The topological polar surface area (TPSA) is 508 Å². The van der Waals surface area contributed by atoms with E-state index < -0.39 is 127 Å². The van der Waals surface area contributed by atoms with Crippen molar-refractivity contribution < 1.29 is 57.8 Å². The van der Waals surface area contributed by atoms with Crippen molar-refractivity contribution in [2.45, 2.75) is 125 Å². The Morgan fingerprint density at radius 1 is 0.566 bits per heavy atom. The number of primary amides is 3. The SMILES string of the molecule is COc1ccc(C[C@@H](N)C(=O)N[C@@H](Cc2ccccc2)C(=O)N[C@@H](CCC(N)=O)C(=O)N[C@@H](CC(N)=O)C(=O)N[C@@H](CCCN=C(N)N)C(=O)N2CCC[C@H]2C(=O)N[C@@H](CCCN=C(N)N)C(=O)N[C@@H](Cc2ccc(O)cc2)C(N)=O)cc1. The number of hydrogen-bond acceptors (Lipinski definition) is 15. The number of aliphatic imine (C=N–C) groups is 2. The van der Waals surface area contributed by atoms with Gasteiger partial charge in [0.15, 0.2) is 11.9 Å². The number of likely N-dealkylation sites (tertiary alicyclic amines) is 1. The summed E-state index contributed by atoms with van der Waals surface area (Å²) in [5.74, 6) is -8.92. The van der Waals surface area contributed by atoms with Crippen LogP contribution in [0.4, 0.5) is 0 Å². The van der Waals surface area contributed by atoms with Gasteiger partial charge in [0.05, 0.1) is 19.6 Å². The number of rotatable bonds is 34. The number of nitrogens with zero attached hydrogens (tertiary/aromatic N) is 3. The highest BCUT2D eigenvalue weighted by Gasteiger charge is 2.40. The van der Waals surface area contributed by atoms with Crippen LogP contribution in [0.2, 0.25) is 0 Å². The second-order valence-corrected chi connectivity index (χ2v) is 19.8. The van der Waals surface area contributed by atoms with Gasteiger partial charge in [-0.3, -0.25) is 57.9 Å². The molecule has 0 bridgehead atoms. The first-order valence-corrected chi connectivity index (χ1v) is 26.7. The van der Waals surface area contributed by atoms with Crippen molar-refractivity contribution in [3.05, 3.63) is 95.6 Å². The van der Waals surface area contributed by atoms with Crippen molar-refractivity contribution in [1.82, 2.24) is 36.8 Å². The maximum absolute atomic E-state index is 14.7. The summed E-state index contributed by atoms with van der Waals surface area (Å²) in [6.07, 6.45) is -1.35. The van der Waals surface area contributed by atoms with Gasteiger partial charge in [0.1, 0.15) is 53.8 Å². The number of hydrogen-bond donors (Lipinski definition) is 15. The molecule has 0 unspecified atom stereocenters. The molecule has 0 radical (unpaired) electrons. The van der Waals surface area contributed by atoms with Crippen molar-refractivity contribution in [3.8, 4) is 11.5 Å². The van der Waals surface area contributed by atoms with Gasteiger partial charge in [-0.1, -0.05) is 54.6 Å². The van der Waals surface area contributed by atoms with Gasteiger partial charge in [0.2, 0.25) is 59.1 Å². The Morgan fingerprint density at radius 3 is 1.61 bits per heavy atom. The zero-order valence-corrected chi connectivity index (χ0v) is 46.1. The summed E-state index contributed by atoms with van der Waals surface area (Å²) in [7, 11) is 1.50. The number of amides is 10. The van der Waals surface area contributed by atoms with E-state index in [0.717, 1.165) is 0 Å². The van der Waals surface area contributed by atoms with E-state index in [1.165, 1.54) is 36.3 Å². The quantitative estimate of drug-likeness (QED) is 0.0152. The zero-order valence-electron chi connectivity index (χ0n) is 46.1. The lowest BCUT2D eigenvalue weighted by Crippen LogP contribution is -2.60. The van der Waals surface area contributed by atoms with Crippen LogP contribution in [0.25, 0.3) is 0 Å². The van der Waals surface area contributed by atoms with E-state index in [-0.39, 0.29) is 88.7 Å². The molecule has 450 valence electrons. The molecule has 1 fully saturated rings. The summed E-state index contributed by atoms with van der Waals surface area (Å²) < 4.78 is 5.20. The van der Waals surface area contributed by atoms with Gasteiger partial charge in [-0.2, -0.15) is 0 Å². The van der Waals surface area contributed by atoms with Crippen LogP contribution in [0.5, 0.6) is 11.5 Å². The lowest BCUT2D eigenvalue weighted by molar-refractivity contribution is -0.143. The molecule has 4 rings (SSSR count). The fraction of sp³-hybridized carbons (Fsp3) is 0.444. The fourth-order valence-electron chi connectivity index (χ4n) is 8.90. The minimum absolute atomic E-state index is 0.00204. The van der Waals surface area contributed by atoms with Crippen molar-refractivity contribution in [3.63, 3.8) is 0 Å². The maximum Gasteiger partial charge on any atom is 0.245 e. The van der Waals surface area contributed by atoms with Gasteiger partial charge >= 0.3 is 0 Å². The van der Waals surface area contributed by atoms with E-state index in [1.807, 2.05) is 0 Å². The van der Waals surface area contributed by atoms with E-state index in [1.54, 1.807) is 54.6 Å². The molecule has 0 saturated carbocycles. The third-order valence-corrected chi connectivity index (χ3v) is 13.2. The lowest BCUT2D eigenvalue weighted by Gasteiger charge is -2.31. The predicted octanol–water partition coefficient (Wildman–Crippen LogP) is -4.61. The highest BCUT2D eigenvalue weighted by Crippen LogP contribution is 2.21. The Bertz CT molecular complexity index is 2780. The van der Waals surface area contributed by atoms with Crippen LogP contribution >= 0.6 is 0 Å². The lowest BCUT2D eigenvalue weighted by atomic mass is 10.0. The molecule has 29 nitrogen and oxygen atoms in total. The van der Waals surface area contributed by atoms with Gasteiger partial charge in [0.25, 0.3) is 0 Å². The maximum atomic E-state index is 14.7. The highest BCUT2D eigenvalue weighted by atomic mass is 16.5. The number of aromatic hydroxyl groups is 1. The average Bonchev–Trinajstić information content (AvgIpc) is 4.18. The summed E-state index contributed by atoms with van der Waals surface area (Å²) in [5.41, 5.74) is 46.9. The number of nitrogens with one attached hydrogen (secondary N) is 6. The van der Waals surface area contributed by atoms with E-state index in [2.05, 4.69) is 41.9 Å². The normalized spacial score (nSPS) is 15.2. The highest BCUT2D eigenvalue weighted by molar-refractivity contribution is 5.99. The summed E-state index contributed by atoms with van der Waals surface area (Å²) in [4.78, 5) is 145. The molecular weight excluding hydrogens is 1080 g/mol. The van der Waals surface area contributed by atoms with E-state index in [0.29, 0.717) is 28.9 Å². The standard InChI is InChI=1S/C54H77N17O12/c1-83-34-19-15-31(16-20-34)26-35(55)46(76)69-40(28-30-8-3-2-4-9-30)49(79)65-37(21-22-43(56)73)48(78)70-41(29-44(57)74)50(80)67-38(11-6-24-64-54(61)62)52(82)71-25-7-12-42(71)51(81)66-36(10-5-23-63-53(59)60)47(77)68-39(45(58)75)27-32-13-17-33(72)18-14-32/h2-4,8-9,13-20,35-42,72H,5-7,10-12,21-29,55H2,1H3,(H2,56,73)(H2,57,74)(H2,58,75)(H,65,79)(H,66,81)(H,67,80)(H,68,77)(H,69,76)(H,70,78)(H4,59,60,63)(H4,61,62,64)/t35-,36+,37+,38+,39+,40+,41+,42+/m1/s1. The minimum atomic E-state index is -1.81. The molecule has 1 aliphatic heterocycles. The molecule has 29 heteroatoms. The van der Waals surface area contributed by atoms with Crippen molar-refractivity contribution >= 4 is 71.0 Å². The van der Waals surface area contributed by atoms with Crippen LogP contribution in [-0.2, 0) is 67.2 Å². The number of phenols is 1. The van der Waals surface area contributed by atoms with Gasteiger partial charge < -0.3 is 92.5 Å². The third-order valence-electron chi connectivity index (χ3n) is 13.2. The Hall–Kier alpha value is -9.54. The number of methoxy groups -OCH3 is 1. The van der Waals surface area contributed by atoms with Gasteiger partial charge in [-0.05, 0) is 92.3 Å². The van der Waals surface area contributed by atoms with Crippen LogP contribution < -0.4 is 82.5 Å². The van der Waals surface area contributed by atoms with Crippen molar-refractivity contribution in [2.75, 3.05) is 26.7 Å². The first kappa shape index (κ1) is 66.0. The number of carbonyl (C=O) groups excluding carboxylic acids is 10. The van der Waals surface area contributed by atoms with Crippen molar-refractivity contribution in [1.29, 1.82) is 0 Å². The van der Waals surface area contributed by atoms with Crippen molar-refractivity contribution in [2.24, 2.45) is 55.9 Å². The largest absolute Gasteiger partial charge is 0.508 e.